The summed E-state index contributed by atoms with van der Waals surface area (Å²) in [6.07, 6.45) is 3.65. The summed E-state index contributed by atoms with van der Waals surface area (Å²) in [5.74, 6) is 0. The maximum Gasteiger partial charge on any atom is 0.0597 e. The fraction of sp³-hybridized carbons (Fsp3) is 0.353. The second-order valence-corrected chi connectivity index (χ2v) is 5.78. The number of piperazine rings is 1. The van der Waals surface area contributed by atoms with Crippen molar-refractivity contribution in [1.82, 2.24) is 9.88 Å². The van der Waals surface area contributed by atoms with Gasteiger partial charge in [0.2, 0.25) is 0 Å². The van der Waals surface area contributed by atoms with Gasteiger partial charge in [0.15, 0.2) is 0 Å². The number of anilines is 3. The van der Waals surface area contributed by atoms with Gasteiger partial charge in [0.25, 0.3) is 0 Å². The minimum Gasteiger partial charge on any atom is -0.397 e. The van der Waals surface area contributed by atoms with Crippen LogP contribution in [0.1, 0.15) is 5.56 Å². The van der Waals surface area contributed by atoms with Gasteiger partial charge in [-0.05, 0) is 36.9 Å². The number of pyridine rings is 1. The van der Waals surface area contributed by atoms with E-state index in [1.54, 1.807) is 6.20 Å². The van der Waals surface area contributed by atoms with Gasteiger partial charge in [-0.2, -0.15) is 0 Å². The average molecular weight is 297 g/mol. The van der Waals surface area contributed by atoms with Gasteiger partial charge in [0, 0.05) is 50.8 Å². The van der Waals surface area contributed by atoms with E-state index in [1.807, 2.05) is 18.3 Å². The molecule has 0 radical (unpaired) electrons. The molecular weight excluding hydrogens is 274 g/mol. The van der Waals surface area contributed by atoms with Crippen LogP contribution < -0.4 is 16.0 Å². The molecule has 3 rings (SSSR count). The van der Waals surface area contributed by atoms with Crippen LogP contribution >= 0.6 is 0 Å². The van der Waals surface area contributed by atoms with E-state index in [0.29, 0.717) is 0 Å². The maximum absolute atomic E-state index is 6.10. The summed E-state index contributed by atoms with van der Waals surface area (Å²) in [4.78, 5) is 8.90. The quantitative estimate of drug-likeness (QED) is 0.846. The van der Waals surface area contributed by atoms with Crippen molar-refractivity contribution in [3.8, 4) is 0 Å². The molecule has 0 unspecified atom stereocenters. The molecule has 3 N–H and O–H groups in total. The van der Waals surface area contributed by atoms with Crippen molar-refractivity contribution in [3.63, 3.8) is 0 Å². The number of rotatable bonds is 4. The van der Waals surface area contributed by atoms with E-state index in [4.69, 9.17) is 5.73 Å². The molecule has 1 aliphatic heterocycles. The zero-order chi connectivity index (χ0) is 15.4. The number of benzene rings is 1. The lowest BCUT2D eigenvalue weighted by Gasteiger charge is -2.34. The number of nitrogen functional groups attached to an aromatic ring is 1. The Balaban J connectivity index is 1.70. The molecular formula is C17H23N5. The predicted molar refractivity (Wildman–Crippen MR) is 92.1 cm³/mol. The highest BCUT2D eigenvalue weighted by Crippen LogP contribution is 2.26. The van der Waals surface area contributed by atoms with Crippen LogP contribution in [0.2, 0.25) is 0 Å². The number of hydrogen-bond acceptors (Lipinski definition) is 5. The number of likely N-dealkylation sites (N-methyl/N-ethyl adjacent to an activating group) is 1. The van der Waals surface area contributed by atoms with Crippen molar-refractivity contribution in [2.75, 3.05) is 49.2 Å². The van der Waals surface area contributed by atoms with Crippen molar-refractivity contribution in [2.24, 2.45) is 0 Å². The fourth-order valence-electron chi connectivity index (χ4n) is 2.66. The van der Waals surface area contributed by atoms with Gasteiger partial charge >= 0.3 is 0 Å². The SMILES string of the molecule is CN1CCN(c2ccc(N)c(NCc3cccnc3)c2)CC1. The highest BCUT2D eigenvalue weighted by molar-refractivity contribution is 5.72. The van der Waals surface area contributed by atoms with Crippen LogP contribution in [-0.4, -0.2) is 43.1 Å². The highest BCUT2D eigenvalue weighted by Gasteiger charge is 2.15. The van der Waals surface area contributed by atoms with E-state index in [1.165, 1.54) is 5.69 Å². The number of aromatic nitrogens is 1. The highest BCUT2D eigenvalue weighted by atomic mass is 15.2. The Labute approximate surface area is 131 Å². The fourth-order valence-corrected chi connectivity index (χ4v) is 2.66. The standard InChI is InChI=1S/C17H23N5/c1-21-7-9-22(10-8-21)15-4-5-16(18)17(11-15)20-13-14-3-2-6-19-12-14/h2-6,11-12,20H,7-10,13,18H2,1H3. The third kappa shape index (κ3) is 3.49. The molecule has 2 heterocycles. The first-order valence-electron chi connectivity index (χ1n) is 7.68. The summed E-state index contributed by atoms with van der Waals surface area (Å²) in [6.45, 7) is 5.04. The van der Waals surface area contributed by atoms with Crippen LogP contribution in [-0.2, 0) is 6.54 Å². The maximum atomic E-state index is 6.10. The van der Waals surface area contributed by atoms with Crippen LogP contribution in [0.5, 0.6) is 0 Å². The molecule has 1 fully saturated rings. The third-order valence-electron chi connectivity index (χ3n) is 4.11. The summed E-state index contributed by atoms with van der Waals surface area (Å²) >= 11 is 0. The van der Waals surface area contributed by atoms with Gasteiger partial charge in [0.05, 0.1) is 11.4 Å². The molecule has 0 atom stereocenters. The zero-order valence-electron chi connectivity index (χ0n) is 13.0. The van der Waals surface area contributed by atoms with E-state index in [0.717, 1.165) is 49.7 Å². The molecule has 5 heteroatoms. The van der Waals surface area contributed by atoms with E-state index in [2.05, 4.69) is 45.3 Å². The molecule has 1 aliphatic rings. The average Bonchev–Trinajstić information content (AvgIpc) is 2.56. The topological polar surface area (TPSA) is 57.4 Å². The van der Waals surface area contributed by atoms with Crippen LogP contribution in [0.4, 0.5) is 17.1 Å². The third-order valence-corrected chi connectivity index (χ3v) is 4.11. The molecule has 1 saturated heterocycles. The van der Waals surface area contributed by atoms with Gasteiger partial charge < -0.3 is 20.9 Å². The zero-order valence-corrected chi connectivity index (χ0v) is 13.0. The van der Waals surface area contributed by atoms with Crippen LogP contribution in [0.15, 0.2) is 42.7 Å². The van der Waals surface area contributed by atoms with E-state index in [-0.39, 0.29) is 0 Å². The van der Waals surface area contributed by atoms with E-state index >= 15 is 0 Å². The molecule has 116 valence electrons. The Hall–Kier alpha value is -2.27. The molecule has 22 heavy (non-hydrogen) atoms. The Kier molecular flexibility index (Phi) is 4.44. The number of nitrogens with zero attached hydrogens (tertiary/aromatic N) is 3. The van der Waals surface area contributed by atoms with E-state index < -0.39 is 0 Å². The normalized spacial score (nSPS) is 15.8. The number of nitrogens with one attached hydrogen (secondary N) is 1. The molecule has 0 bridgehead atoms. The molecule has 1 aromatic heterocycles. The van der Waals surface area contributed by atoms with Gasteiger partial charge in [-0.15, -0.1) is 0 Å². The Morgan fingerprint density at radius 1 is 1.18 bits per heavy atom. The van der Waals surface area contributed by atoms with Crippen molar-refractivity contribution in [2.45, 2.75) is 6.54 Å². The molecule has 1 aromatic carbocycles. The largest absolute Gasteiger partial charge is 0.397 e. The molecule has 0 spiro atoms. The summed E-state index contributed by atoms with van der Waals surface area (Å²) in [5.41, 5.74) is 10.2. The van der Waals surface area contributed by atoms with Crippen LogP contribution in [0.25, 0.3) is 0 Å². The number of hydrogen-bond donors (Lipinski definition) is 2. The van der Waals surface area contributed by atoms with Gasteiger partial charge in [0.1, 0.15) is 0 Å². The van der Waals surface area contributed by atoms with E-state index in [9.17, 15) is 0 Å². The second kappa shape index (κ2) is 6.66. The Morgan fingerprint density at radius 2 is 2.00 bits per heavy atom. The van der Waals surface area contributed by atoms with Crippen LogP contribution in [0, 0.1) is 0 Å². The van der Waals surface area contributed by atoms with Crippen molar-refractivity contribution >= 4 is 17.1 Å². The first-order valence-corrected chi connectivity index (χ1v) is 7.68. The smallest absolute Gasteiger partial charge is 0.0597 e. The van der Waals surface area contributed by atoms with Crippen LogP contribution in [0.3, 0.4) is 0 Å². The number of nitrogens with two attached hydrogens (primary N) is 1. The molecule has 0 aliphatic carbocycles. The van der Waals surface area contributed by atoms with Crippen molar-refractivity contribution < 1.29 is 0 Å². The first kappa shape index (κ1) is 14.7. The van der Waals surface area contributed by atoms with Gasteiger partial charge in [-0.1, -0.05) is 6.07 Å². The predicted octanol–water partition coefficient (Wildman–Crippen LogP) is 2.03. The first-order chi connectivity index (χ1) is 10.7. The minimum atomic E-state index is 0.726. The van der Waals surface area contributed by atoms with Crippen molar-refractivity contribution in [1.29, 1.82) is 0 Å². The van der Waals surface area contributed by atoms with Gasteiger partial charge in [-0.25, -0.2) is 0 Å². The van der Waals surface area contributed by atoms with Gasteiger partial charge in [-0.3, -0.25) is 4.98 Å². The monoisotopic (exact) mass is 297 g/mol. The lowest BCUT2D eigenvalue weighted by molar-refractivity contribution is 0.313. The minimum absolute atomic E-state index is 0.726. The Bertz CT molecular complexity index is 606. The molecule has 2 aromatic rings. The summed E-state index contributed by atoms with van der Waals surface area (Å²) < 4.78 is 0. The van der Waals surface area contributed by atoms with Crippen molar-refractivity contribution in [3.05, 3.63) is 48.3 Å². The lowest BCUT2D eigenvalue weighted by Crippen LogP contribution is -2.44. The Morgan fingerprint density at radius 3 is 2.73 bits per heavy atom. The lowest BCUT2D eigenvalue weighted by atomic mass is 10.2. The molecule has 0 saturated carbocycles. The summed E-state index contributed by atoms with van der Waals surface area (Å²) in [7, 11) is 2.17. The molecule has 0 amide bonds. The molecule has 5 nitrogen and oxygen atoms in total. The second-order valence-electron chi connectivity index (χ2n) is 5.78. The summed E-state index contributed by atoms with van der Waals surface area (Å²) in [6, 6.07) is 10.2. The summed E-state index contributed by atoms with van der Waals surface area (Å²) in [5, 5.41) is 3.42.